The van der Waals surface area contributed by atoms with Crippen LogP contribution in [0.3, 0.4) is 0 Å². The number of benzene rings is 2. The van der Waals surface area contributed by atoms with Crippen LogP contribution in [0.25, 0.3) is 11.1 Å². The lowest BCUT2D eigenvalue weighted by molar-refractivity contribution is 0.347. The van der Waals surface area contributed by atoms with Gasteiger partial charge < -0.3 is 4.74 Å². The lowest BCUT2D eigenvalue weighted by Gasteiger charge is -2.26. The first-order chi connectivity index (χ1) is 10.7. The monoisotopic (exact) mass is 298 g/mol. The standard InChI is InChI=1S/C20H23FO/c1-14-3-5-15(6-4-14)17-9-12-19(20(21)13-17)16-7-10-18(22-2)11-8-16/h7-15H,3-6H2,1-2H3. The van der Waals surface area contributed by atoms with Crippen molar-refractivity contribution in [1.82, 2.24) is 0 Å². The van der Waals surface area contributed by atoms with Crippen LogP contribution in [0.2, 0.25) is 0 Å². The molecule has 0 amide bonds. The van der Waals surface area contributed by atoms with Gasteiger partial charge in [-0.05, 0) is 54.0 Å². The van der Waals surface area contributed by atoms with Crippen molar-refractivity contribution in [2.24, 2.45) is 5.92 Å². The Morgan fingerprint density at radius 3 is 2.23 bits per heavy atom. The van der Waals surface area contributed by atoms with Crippen molar-refractivity contribution in [2.75, 3.05) is 7.11 Å². The molecule has 0 heterocycles. The maximum absolute atomic E-state index is 14.5. The summed E-state index contributed by atoms with van der Waals surface area (Å²) in [7, 11) is 1.63. The predicted molar refractivity (Wildman–Crippen MR) is 88.8 cm³/mol. The summed E-state index contributed by atoms with van der Waals surface area (Å²) in [5, 5.41) is 0. The zero-order chi connectivity index (χ0) is 15.5. The molecule has 0 spiro atoms. The van der Waals surface area contributed by atoms with Crippen LogP contribution in [0.4, 0.5) is 4.39 Å². The van der Waals surface area contributed by atoms with E-state index in [4.69, 9.17) is 4.74 Å². The molecular weight excluding hydrogens is 275 g/mol. The zero-order valence-corrected chi connectivity index (χ0v) is 13.3. The van der Waals surface area contributed by atoms with Crippen molar-refractivity contribution < 1.29 is 9.13 Å². The molecule has 0 saturated heterocycles. The molecule has 0 radical (unpaired) electrons. The van der Waals surface area contributed by atoms with Crippen LogP contribution < -0.4 is 4.74 Å². The molecule has 1 aliphatic rings. The van der Waals surface area contributed by atoms with Crippen LogP contribution in [0.1, 0.15) is 44.1 Å². The minimum absolute atomic E-state index is 0.124. The van der Waals surface area contributed by atoms with Gasteiger partial charge in [0.05, 0.1) is 7.11 Å². The van der Waals surface area contributed by atoms with E-state index in [1.165, 1.54) is 25.7 Å². The van der Waals surface area contributed by atoms with Crippen LogP contribution in [-0.4, -0.2) is 7.11 Å². The van der Waals surface area contributed by atoms with Crippen molar-refractivity contribution in [2.45, 2.75) is 38.5 Å². The van der Waals surface area contributed by atoms with Crippen LogP contribution >= 0.6 is 0 Å². The Hall–Kier alpha value is -1.83. The fourth-order valence-electron chi connectivity index (χ4n) is 3.38. The van der Waals surface area contributed by atoms with E-state index < -0.39 is 0 Å². The highest BCUT2D eigenvalue weighted by atomic mass is 19.1. The molecule has 3 rings (SSSR count). The first kappa shape index (κ1) is 15.1. The number of ether oxygens (including phenoxy) is 1. The van der Waals surface area contributed by atoms with Gasteiger partial charge in [0.25, 0.3) is 0 Å². The topological polar surface area (TPSA) is 9.23 Å². The third kappa shape index (κ3) is 3.16. The molecule has 116 valence electrons. The van der Waals surface area contributed by atoms with Gasteiger partial charge in [0.15, 0.2) is 0 Å². The SMILES string of the molecule is COc1ccc(-c2ccc(C3CCC(C)CC3)cc2F)cc1. The van der Waals surface area contributed by atoms with Gasteiger partial charge in [-0.15, -0.1) is 0 Å². The second-order valence-corrected chi connectivity index (χ2v) is 6.42. The van der Waals surface area contributed by atoms with Gasteiger partial charge in [0.2, 0.25) is 0 Å². The van der Waals surface area contributed by atoms with Crippen LogP contribution in [-0.2, 0) is 0 Å². The van der Waals surface area contributed by atoms with Gasteiger partial charge in [-0.2, -0.15) is 0 Å². The number of hydrogen-bond acceptors (Lipinski definition) is 1. The first-order valence-electron chi connectivity index (χ1n) is 8.11. The molecule has 1 saturated carbocycles. The van der Waals surface area contributed by atoms with Gasteiger partial charge in [-0.1, -0.05) is 44.0 Å². The third-order valence-corrected chi connectivity index (χ3v) is 4.88. The first-order valence-corrected chi connectivity index (χ1v) is 8.11. The fraction of sp³-hybridized carbons (Fsp3) is 0.400. The van der Waals surface area contributed by atoms with Gasteiger partial charge in [-0.25, -0.2) is 4.39 Å². The summed E-state index contributed by atoms with van der Waals surface area (Å²) in [6.45, 7) is 2.31. The quantitative estimate of drug-likeness (QED) is 0.696. The Morgan fingerprint density at radius 2 is 1.64 bits per heavy atom. The maximum atomic E-state index is 14.5. The Labute approximate surface area is 132 Å². The van der Waals surface area contributed by atoms with Crippen molar-refractivity contribution in [3.8, 4) is 16.9 Å². The third-order valence-electron chi connectivity index (χ3n) is 4.88. The normalized spacial score (nSPS) is 21.6. The molecule has 0 aromatic heterocycles. The largest absolute Gasteiger partial charge is 0.497 e. The van der Waals surface area contributed by atoms with E-state index in [0.29, 0.717) is 11.5 Å². The van der Waals surface area contributed by atoms with Crippen LogP contribution in [0, 0.1) is 11.7 Å². The smallest absolute Gasteiger partial charge is 0.131 e. The van der Waals surface area contributed by atoms with Gasteiger partial charge >= 0.3 is 0 Å². The minimum atomic E-state index is -0.124. The molecule has 1 fully saturated rings. The Bertz CT molecular complexity index is 625. The molecule has 2 aromatic rings. The minimum Gasteiger partial charge on any atom is -0.497 e. The van der Waals surface area contributed by atoms with Crippen molar-refractivity contribution in [1.29, 1.82) is 0 Å². The molecule has 0 N–H and O–H groups in total. The molecule has 0 aliphatic heterocycles. The Balaban J connectivity index is 1.82. The van der Waals surface area contributed by atoms with E-state index in [0.717, 1.165) is 22.8 Å². The van der Waals surface area contributed by atoms with E-state index >= 15 is 0 Å². The molecule has 0 bridgehead atoms. The summed E-state index contributed by atoms with van der Waals surface area (Å²) in [5.74, 6) is 2.01. The Morgan fingerprint density at radius 1 is 0.955 bits per heavy atom. The average Bonchev–Trinajstić information content (AvgIpc) is 2.56. The van der Waals surface area contributed by atoms with Crippen LogP contribution in [0.5, 0.6) is 5.75 Å². The summed E-state index contributed by atoms with van der Waals surface area (Å²) in [6.07, 6.45) is 4.88. The second kappa shape index (κ2) is 6.51. The van der Waals surface area contributed by atoms with E-state index in [2.05, 4.69) is 13.0 Å². The highest BCUT2D eigenvalue weighted by Gasteiger charge is 2.20. The van der Waals surface area contributed by atoms with Crippen LogP contribution in [0.15, 0.2) is 42.5 Å². The number of rotatable bonds is 3. The summed E-state index contributed by atoms with van der Waals surface area (Å²) in [5.41, 5.74) is 2.71. The molecular formula is C20H23FO. The maximum Gasteiger partial charge on any atom is 0.131 e. The van der Waals surface area contributed by atoms with E-state index in [1.807, 2.05) is 30.3 Å². The summed E-state index contributed by atoms with van der Waals surface area (Å²) < 4.78 is 19.7. The highest BCUT2D eigenvalue weighted by molar-refractivity contribution is 5.65. The average molecular weight is 298 g/mol. The second-order valence-electron chi connectivity index (χ2n) is 6.42. The molecule has 1 aliphatic carbocycles. The van der Waals surface area contributed by atoms with Crippen molar-refractivity contribution in [3.05, 3.63) is 53.8 Å². The van der Waals surface area contributed by atoms with Crippen molar-refractivity contribution >= 4 is 0 Å². The predicted octanol–water partition coefficient (Wildman–Crippen LogP) is 5.80. The van der Waals surface area contributed by atoms with Gasteiger partial charge in [-0.3, -0.25) is 0 Å². The van der Waals surface area contributed by atoms with Gasteiger partial charge in [0.1, 0.15) is 11.6 Å². The van der Waals surface area contributed by atoms with Gasteiger partial charge in [0, 0.05) is 5.56 Å². The molecule has 22 heavy (non-hydrogen) atoms. The molecule has 1 nitrogen and oxygen atoms in total. The number of hydrogen-bond donors (Lipinski definition) is 0. The highest BCUT2D eigenvalue weighted by Crippen LogP contribution is 2.37. The molecule has 0 atom stereocenters. The van der Waals surface area contributed by atoms with E-state index in [-0.39, 0.29) is 5.82 Å². The molecule has 2 heteroatoms. The van der Waals surface area contributed by atoms with Crippen molar-refractivity contribution in [3.63, 3.8) is 0 Å². The summed E-state index contributed by atoms with van der Waals surface area (Å²) in [4.78, 5) is 0. The fourth-order valence-corrected chi connectivity index (χ4v) is 3.38. The summed E-state index contributed by atoms with van der Waals surface area (Å²) >= 11 is 0. The number of methoxy groups -OCH3 is 1. The van der Waals surface area contributed by atoms with E-state index in [1.54, 1.807) is 13.2 Å². The number of halogens is 1. The molecule has 2 aromatic carbocycles. The summed E-state index contributed by atoms with van der Waals surface area (Å²) in [6, 6.07) is 13.3. The Kier molecular flexibility index (Phi) is 4.47. The lowest BCUT2D eigenvalue weighted by atomic mass is 9.79. The molecule has 0 unspecified atom stereocenters. The zero-order valence-electron chi connectivity index (χ0n) is 13.3. The lowest BCUT2D eigenvalue weighted by Crippen LogP contribution is -2.11. The van der Waals surface area contributed by atoms with E-state index in [9.17, 15) is 4.39 Å².